The van der Waals surface area contributed by atoms with Gasteiger partial charge in [0.05, 0.1) is 5.75 Å². The Balaban J connectivity index is 1.65. The first-order valence-electron chi connectivity index (χ1n) is 10.6. The van der Waals surface area contributed by atoms with Gasteiger partial charge in [0.2, 0.25) is 10.0 Å². The third-order valence-corrected chi connectivity index (χ3v) is 6.43. The number of benzene rings is 2. The molecule has 7 nitrogen and oxygen atoms in total. The van der Waals surface area contributed by atoms with Crippen molar-refractivity contribution in [3.05, 3.63) is 71.8 Å². The van der Waals surface area contributed by atoms with Crippen LogP contribution in [-0.2, 0) is 23.1 Å². The van der Waals surface area contributed by atoms with Gasteiger partial charge < -0.3 is 10.6 Å². The van der Waals surface area contributed by atoms with Gasteiger partial charge in [-0.05, 0) is 31.5 Å². The third-order valence-electron chi connectivity index (χ3n) is 5.11. The van der Waals surface area contributed by atoms with Crippen molar-refractivity contribution in [2.45, 2.75) is 32.5 Å². The standard InChI is InChI=1S/C23H35N5O2S/c1-20(28(3)19-22-12-8-5-9-13-22)14-15-25-23(24-2)26-16-17-31(29,30)27-18-21-10-6-4-7-11-21/h4-13,20,27H,14-19H2,1-3H3,(H2,24,25,26). The van der Waals surface area contributed by atoms with E-state index in [1.807, 2.05) is 36.4 Å². The van der Waals surface area contributed by atoms with E-state index in [1.165, 1.54) is 5.56 Å². The molecule has 170 valence electrons. The molecule has 0 aliphatic carbocycles. The number of hydrogen-bond donors (Lipinski definition) is 3. The van der Waals surface area contributed by atoms with E-state index in [9.17, 15) is 8.42 Å². The van der Waals surface area contributed by atoms with Crippen LogP contribution in [0, 0.1) is 0 Å². The molecular weight excluding hydrogens is 410 g/mol. The predicted molar refractivity (Wildman–Crippen MR) is 128 cm³/mol. The number of nitrogens with one attached hydrogen (secondary N) is 3. The molecule has 8 heteroatoms. The topological polar surface area (TPSA) is 85.8 Å². The first-order valence-corrected chi connectivity index (χ1v) is 12.2. The third kappa shape index (κ3) is 9.95. The van der Waals surface area contributed by atoms with Crippen molar-refractivity contribution in [1.29, 1.82) is 0 Å². The largest absolute Gasteiger partial charge is 0.356 e. The molecule has 31 heavy (non-hydrogen) atoms. The van der Waals surface area contributed by atoms with Crippen molar-refractivity contribution in [3.63, 3.8) is 0 Å². The molecule has 0 heterocycles. The van der Waals surface area contributed by atoms with Gasteiger partial charge in [-0.2, -0.15) is 0 Å². The lowest BCUT2D eigenvalue weighted by Gasteiger charge is -2.25. The summed E-state index contributed by atoms with van der Waals surface area (Å²) in [5.74, 6) is 0.590. The van der Waals surface area contributed by atoms with Gasteiger partial charge in [0.15, 0.2) is 5.96 Å². The van der Waals surface area contributed by atoms with Gasteiger partial charge in [0.1, 0.15) is 0 Å². The van der Waals surface area contributed by atoms with Gasteiger partial charge in [0.25, 0.3) is 0 Å². The van der Waals surface area contributed by atoms with Crippen LogP contribution in [0.15, 0.2) is 65.7 Å². The van der Waals surface area contributed by atoms with Crippen LogP contribution < -0.4 is 15.4 Å². The highest BCUT2D eigenvalue weighted by Crippen LogP contribution is 2.07. The number of aliphatic imine (C=N–C) groups is 1. The van der Waals surface area contributed by atoms with Gasteiger partial charge in [0, 0.05) is 39.3 Å². The van der Waals surface area contributed by atoms with Crippen molar-refractivity contribution in [2.75, 3.05) is 32.9 Å². The van der Waals surface area contributed by atoms with Crippen LogP contribution in [0.1, 0.15) is 24.5 Å². The van der Waals surface area contributed by atoms with E-state index in [0.29, 0.717) is 18.5 Å². The summed E-state index contributed by atoms with van der Waals surface area (Å²) in [5, 5.41) is 6.33. The SMILES string of the molecule is CN=C(NCCC(C)N(C)Cc1ccccc1)NCCS(=O)(=O)NCc1ccccc1. The summed E-state index contributed by atoms with van der Waals surface area (Å²) >= 11 is 0. The first-order chi connectivity index (χ1) is 14.9. The molecule has 2 aromatic carbocycles. The van der Waals surface area contributed by atoms with E-state index >= 15 is 0 Å². The zero-order valence-corrected chi connectivity index (χ0v) is 19.5. The molecule has 0 aromatic heterocycles. The summed E-state index contributed by atoms with van der Waals surface area (Å²) in [5.41, 5.74) is 2.23. The minimum Gasteiger partial charge on any atom is -0.356 e. The summed E-state index contributed by atoms with van der Waals surface area (Å²) in [7, 11) is 0.445. The summed E-state index contributed by atoms with van der Waals surface area (Å²) in [6.45, 7) is 4.44. The van der Waals surface area contributed by atoms with Crippen LogP contribution in [0.2, 0.25) is 0 Å². The fourth-order valence-corrected chi connectivity index (χ4v) is 3.93. The normalized spacial score (nSPS) is 13.2. The van der Waals surface area contributed by atoms with E-state index in [1.54, 1.807) is 7.05 Å². The Labute approximate surface area is 187 Å². The molecule has 0 bridgehead atoms. The Hall–Kier alpha value is -2.42. The fourth-order valence-electron chi connectivity index (χ4n) is 3.03. The van der Waals surface area contributed by atoms with Crippen LogP contribution in [0.25, 0.3) is 0 Å². The van der Waals surface area contributed by atoms with Crippen molar-refractivity contribution in [1.82, 2.24) is 20.3 Å². The second-order valence-corrected chi connectivity index (χ2v) is 9.52. The number of guanidine groups is 1. The predicted octanol–water partition coefficient (Wildman–Crippen LogP) is 2.18. The van der Waals surface area contributed by atoms with E-state index < -0.39 is 10.0 Å². The van der Waals surface area contributed by atoms with Crippen LogP contribution >= 0.6 is 0 Å². The fraction of sp³-hybridized carbons (Fsp3) is 0.435. The van der Waals surface area contributed by atoms with Crippen molar-refractivity contribution in [2.24, 2.45) is 4.99 Å². The van der Waals surface area contributed by atoms with Crippen LogP contribution in [0.5, 0.6) is 0 Å². The van der Waals surface area contributed by atoms with Crippen LogP contribution in [0.3, 0.4) is 0 Å². The molecule has 0 saturated heterocycles. The lowest BCUT2D eigenvalue weighted by molar-refractivity contribution is 0.238. The quantitative estimate of drug-likeness (QED) is 0.344. The maximum absolute atomic E-state index is 12.2. The molecule has 0 aliphatic rings. The van der Waals surface area contributed by atoms with E-state index in [-0.39, 0.29) is 12.3 Å². The van der Waals surface area contributed by atoms with Gasteiger partial charge in [-0.25, -0.2) is 13.1 Å². The zero-order chi connectivity index (χ0) is 22.5. The van der Waals surface area contributed by atoms with Crippen molar-refractivity contribution >= 4 is 16.0 Å². The molecule has 1 unspecified atom stereocenters. The summed E-state index contributed by atoms with van der Waals surface area (Å²) < 4.78 is 27.0. The molecule has 0 saturated carbocycles. The van der Waals surface area contributed by atoms with Gasteiger partial charge in [-0.3, -0.25) is 9.89 Å². The van der Waals surface area contributed by atoms with Crippen LogP contribution in [-0.4, -0.2) is 58.3 Å². The molecule has 0 aliphatic heterocycles. The summed E-state index contributed by atoms with van der Waals surface area (Å²) in [6, 6.07) is 20.3. The Morgan fingerprint density at radius 3 is 2.16 bits per heavy atom. The maximum atomic E-state index is 12.2. The number of sulfonamides is 1. The molecular formula is C23H35N5O2S. The maximum Gasteiger partial charge on any atom is 0.213 e. The number of nitrogens with zero attached hydrogens (tertiary/aromatic N) is 2. The highest BCUT2D eigenvalue weighted by Gasteiger charge is 2.12. The van der Waals surface area contributed by atoms with E-state index in [2.05, 4.69) is 63.5 Å². The van der Waals surface area contributed by atoms with Crippen molar-refractivity contribution in [3.8, 4) is 0 Å². The molecule has 2 rings (SSSR count). The average Bonchev–Trinajstić information content (AvgIpc) is 2.78. The Morgan fingerprint density at radius 2 is 1.55 bits per heavy atom. The second-order valence-electron chi connectivity index (χ2n) is 7.59. The van der Waals surface area contributed by atoms with E-state index in [4.69, 9.17) is 0 Å². The van der Waals surface area contributed by atoms with Gasteiger partial charge >= 0.3 is 0 Å². The Morgan fingerprint density at radius 1 is 0.968 bits per heavy atom. The monoisotopic (exact) mass is 445 g/mol. The van der Waals surface area contributed by atoms with Gasteiger partial charge in [-0.15, -0.1) is 0 Å². The van der Waals surface area contributed by atoms with Crippen molar-refractivity contribution < 1.29 is 8.42 Å². The molecule has 0 amide bonds. The second kappa shape index (κ2) is 13.1. The molecule has 3 N–H and O–H groups in total. The Bertz CT molecular complexity index is 889. The van der Waals surface area contributed by atoms with Gasteiger partial charge in [-0.1, -0.05) is 60.7 Å². The number of rotatable bonds is 12. The number of hydrogen-bond acceptors (Lipinski definition) is 4. The molecule has 1 atom stereocenters. The lowest BCUT2D eigenvalue weighted by atomic mass is 10.1. The Kier molecular flexibility index (Phi) is 10.5. The molecule has 0 spiro atoms. The summed E-state index contributed by atoms with van der Waals surface area (Å²) in [6.07, 6.45) is 0.945. The van der Waals surface area contributed by atoms with E-state index in [0.717, 1.165) is 25.1 Å². The molecule has 2 aromatic rings. The minimum atomic E-state index is -3.36. The molecule has 0 radical (unpaired) electrons. The summed E-state index contributed by atoms with van der Waals surface area (Å²) in [4.78, 5) is 6.49. The minimum absolute atomic E-state index is 0.0171. The first kappa shape index (κ1) is 24.8. The lowest BCUT2D eigenvalue weighted by Crippen LogP contribution is -2.42. The highest BCUT2D eigenvalue weighted by molar-refractivity contribution is 7.89. The zero-order valence-electron chi connectivity index (χ0n) is 18.7. The smallest absolute Gasteiger partial charge is 0.213 e. The molecule has 0 fully saturated rings. The average molecular weight is 446 g/mol. The highest BCUT2D eigenvalue weighted by atomic mass is 32.2. The van der Waals surface area contributed by atoms with Crippen LogP contribution in [0.4, 0.5) is 0 Å².